The quantitative estimate of drug-likeness (QED) is 0.728. The Labute approximate surface area is 139 Å². The Morgan fingerprint density at radius 3 is 2.29 bits per heavy atom. The van der Waals surface area contributed by atoms with Crippen molar-refractivity contribution in [2.24, 2.45) is 0 Å². The molecule has 1 rings (SSSR count). The maximum absolute atomic E-state index is 12.6. The molecule has 0 aliphatic rings. The first-order chi connectivity index (χ1) is 9.63. The summed E-state index contributed by atoms with van der Waals surface area (Å²) in [5, 5.41) is -0.00515. The van der Waals surface area contributed by atoms with Crippen molar-refractivity contribution >= 4 is 48.8 Å². The molecule has 0 aromatic heterocycles. The van der Waals surface area contributed by atoms with Gasteiger partial charge in [-0.15, -0.1) is 0 Å². The zero-order valence-corrected chi connectivity index (χ0v) is 14.9. The van der Waals surface area contributed by atoms with Crippen LogP contribution in [0.25, 0.3) is 0 Å². The number of carbonyl (C=O) groups excluding carboxylic acids is 1. The van der Waals surface area contributed by atoms with Gasteiger partial charge in [0, 0.05) is 23.3 Å². The third kappa shape index (κ3) is 4.25. The molecule has 1 atom stereocenters. The summed E-state index contributed by atoms with van der Waals surface area (Å²) >= 11 is 11.9. The van der Waals surface area contributed by atoms with E-state index in [1.54, 1.807) is 4.90 Å². The number of rotatable bonds is 5. The first kappa shape index (κ1) is 18.6. The second-order valence-corrected chi connectivity index (χ2v) is 7.90. The normalized spacial score (nSPS) is 13.0. The van der Waals surface area contributed by atoms with E-state index in [9.17, 15) is 13.2 Å². The minimum absolute atomic E-state index is 0.00592. The van der Waals surface area contributed by atoms with Gasteiger partial charge >= 0.3 is 0 Å². The smallest absolute Gasteiger partial charge is 0.261 e. The largest absolute Gasteiger partial charge is 0.336 e. The van der Waals surface area contributed by atoms with Crippen LogP contribution in [0.3, 0.4) is 0 Å². The summed E-state index contributed by atoms with van der Waals surface area (Å²) < 4.78 is 22.9. The zero-order valence-electron chi connectivity index (χ0n) is 11.9. The number of amides is 1. The van der Waals surface area contributed by atoms with Crippen molar-refractivity contribution in [3.8, 4) is 0 Å². The van der Waals surface area contributed by atoms with E-state index in [0.717, 1.165) is 18.6 Å². The van der Waals surface area contributed by atoms with Crippen molar-refractivity contribution in [3.63, 3.8) is 0 Å². The fraction of sp³-hybridized carbons (Fsp3) is 0.462. The summed E-state index contributed by atoms with van der Waals surface area (Å²) in [6.07, 6.45) is 0.762. The van der Waals surface area contributed by atoms with Crippen LogP contribution in [0.5, 0.6) is 0 Å². The van der Waals surface area contributed by atoms with Gasteiger partial charge in [0.05, 0.1) is 20.5 Å². The lowest BCUT2D eigenvalue weighted by Crippen LogP contribution is -2.38. The summed E-state index contributed by atoms with van der Waals surface area (Å²) in [6, 6.07) is 2.28. The molecule has 0 N–H and O–H groups in total. The molecule has 0 aliphatic carbocycles. The van der Waals surface area contributed by atoms with Gasteiger partial charge < -0.3 is 4.90 Å². The van der Waals surface area contributed by atoms with Crippen molar-refractivity contribution in [2.45, 2.75) is 38.1 Å². The lowest BCUT2D eigenvalue weighted by Gasteiger charge is -2.27. The molecule has 0 aliphatic heterocycles. The van der Waals surface area contributed by atoms with Crippen molar-refractivity contribution in [3.05, 3.63) is 27.7 Å². The van der Waals surface area contributed by atoms with Gasteiger partial charge in [-0.1, -0.05) is 30.1 Å². The average Bonchev–Trinajstić information content (AvgIpc) is 2.40. The number of carbonyl (C=O) groups is 1. The first-order valence-electron chi connectivity index (χ1n) is 6.38. The molecule has 1 aromatic rings. The van der Waals surface area contributed by atoms with Crippen molar-refractivity contribution in [2.75, 3.05) is 6.54 Å². The van der Waals surface area contributed by atoms with Crippen LogP contribution in [0.4, 0.5) is 0 Å². The number of nitrogens with zero attached hydrogens (tertiary/aromatic N) is 1. The van der Waals surface area contributed by atoms with Gasteiger partial charge in [-0.25, -0.2) is 8.42 Å². The van der Waals surface area contributed by atoms with Gasteiger partial charge in [-0.2, -0.15) is 0 Å². The average molecular weight is 373 g/mol. The molecule has 1 unspecified atom stereocenters. The van der Waals surface area contributed by atoms with E-state index >= 15 is 0 Å². The second-order valence-electron chi connectivity index (χ2n) is 4.55. The Morgan fingerprint density at radius 1 is 1.29 bits per heavy atom. The molecule has 8 heteroatoms. The predicted octanol–water partition coefficient (Wildman–Crippen LogP) is 4.18. The van der Waals surface area contributed by atoms with Crippen LogP contribution in [0.1, 0.15) is 37.6 Å². The van der Waals surface area contributed by atoms with Gasteiger partial charge in [0.15, 0.2) is 0 Å². The molecular weight excluding hydrogens is 357 g/mol. The van der Waals surface area contributed by atoms with E-state index in [2.05, 4.69) is 0 Å². The molecular formula is C13H16Cl3NO3S. The van der Waals surface area contributed by atoms with Crippen LogP contribution in [0.2, 0.25) is 10.0 Å². The molecule has 0 radical (unpaired) electrons. The van der Waals surface area contributed by atoms with Crippen molar-refractivity contribution in [1.29, 1.82) is 0 Å². The van der Waals surface area contributed by atoms with E-state index in [0.29, 0.717) is 6.54 Å². The van der Waals surface area contributed by atoms with E-state index < -0.39 is 9.05 Å². The Balaban J connectivity index is 3.42. The minimum atomic E-state index is -4.00. The summed E-state index contributed by atoms with van der Waals surface area (Å²) in [4.78, 5) is 13.9. The topological polar surface area (TPSA) is 54.5 Å². The minimum Gasteiger partial charge on any atom is -0.336 e. The Kier molecular flexibility index (Phi) is 6.35. The van der Waals surface area contributed by atoms with Crippen molar-refractivity contribution < 1.29 is 13.2 Å². The molecule has 4 nitrogen and oxygen atoms in total. The van der Waals surface area contributed by atoms with Gasteiger partial charge in [0.25, 0.3) is 15.0 Å². The molecule has 0 heterocycles. The number of hydrogen-bond acceptors (Lipinski definition) is 3. The van der Waals surface area contributed by atoms with Gasteiger partial charge in [0.1, 0.15) is 0 Å². The van der Waals surface area contributed by atoms with E-state index in [1.165, 1.54) is 0 Å². The summed E-state index contributed by atoms with van der Waals surface area (Å²) in [6.45, 7) is 6.16. The highest BCUT2D eigenvalue weighted by Gasteiger charge is 2.25. The van der Waals surface area contributed by atoms with Gasteiger partial charge in [-0.05, 0) is 32.4 Å². The highest BCUT2D eigenvalue weighted by Crippen LogP contribution is 2.32. The third-order valence-corrected chi connectivity index (χ3v) is 5.37. The highest BCUT2D eigenvalue weighted by molar-refractivity contribution is 8.13. The van der Waals surface area contributed by atoms with Gasteiger partial charge in [-0.3, -0.25) is 4.79 Å². The maximum atomic E-state index is 12.6. The molecule has 21 heavy (non-hydrogen) atoms. The van der Waals surface area contributed by atoms with Crippen LogP contribution < -0.4 is 0 Å². The lowest BCUT2D eigenvalue weighted by atomic mass is 10.1. The molecule has 118 valence electrons. The van der Waals surface area contributed by atoms with Gasteiger partial charge in [0.2, 0.25) is 0 Å². The SMILES string of the molecule is CCC(C)N(CC)C(=O)c1cc(S(=O)(=O)Cl)cc(Cl)c1Cl. The predicted molar refractivity (Wildman–Crippen MR) is 86.0 cm³/mol. The fourth-order valence-corrected chi connectivity index (χ4v) is 3.15. The second kappa shape index (κ2) is 7.18. The molecule has 1 amide bonds. The third-order valence-electron chi connectivity index (χ3n) is 3.24. The Hall–Kier alpha value is -0.490. The lowest BCUT2D eigenvalue weighted by molar-refractivity contribution is 0.0700. The molecule has 0 bridgehead atoms. The number of hydrogen-bond donors (Lipinski definition) is 0. The number of benzene rings is 1. The monoisotopic (exact) mass is 371 g/mol. The Bertz CT molecular complexity index is 646. The Morgan fingerprint density at radius 2 is 1.86 bits per heavy atom. The molecule has 0 saturated carbocycles. The summed E-state index contributed by atoms with van der Waals surface area (Å²) in [5.41, 5.74) is 0.0329. The fourth-order valence-electron chi connectivity index (χ4n) is 1.89. The van der Waals surface area contributed by atoms with E-state index in [1.807, 2.05) is 20.8 Å². The molecule has 0 spiro atoms. The summed E-state index contributed by atoms with van der Waals surface area (Å²) in [5.74, 6) is -0.374. The maximum Gasteiger partial charge on any atom is 0.261 e. The molecule has 0 saturated heterocycles. The van der Waals surface area contributed by atoms with E-state index in [4.69, 9.17) is 33.9 Å². The number of halogens is 3. The first-order valence-corrected chi connectivity index (χ1v) is 9.44. The standard InChI is InChI=1S/C13H16Cl3NO3S/c1-4-8(3)17(5-2)13(18)10-6-9(21(16,19)20)7-11(14)12(10)15/h6-8H,4-5H2,1-3H3. The van der Waals surface area contributed by atoms with E-state index in [-0.39, 0.29) is 32.5 Å². The van der Waals surface area contributed by atoms with Crippen molar-refractivity contribution in [1.82, 2.24) is 4.90 Å². The summed E-state index contributed by atoms with van der Waals surface area (Å²) in [7, 11) is 1.31. The molecule has 1 aromatic carbocycles. The van der Waals surface area contributed by atoms with Crippen LogP contribution in [0.15, 0.2) is 17.0 Å². The molecule has 0 fully saturated rings. The van der Waals surface area contributed by atoms with Crippen LogP contribution in [-0.2, 0) is 9.05 Å². The van der Waals surface area contributed by atoms with Crippen LogP contribution >= 0.6 is 33.9 Å². The van der Waals surface area contributed by atoms with Crippen LogP contribution in [0, 0.1) is 0 Å². The van der Waals surface area contributed by atoms with Crippen LogP contribution in [-0.4, -0.2) is 31.8 Å². The zero-order chi connectivity index (χ0) is 16.4. The highest BCUT2D eigenvalue weighted by atomic mass is 35.7.